The first-order chi connectivity index (χ1) is 18.0. The summed E-state index contributed by atoms with van der Waals surface area (Å²) in [5.41, 5.74) is 4.16. The van der Waals surface area contributed by atoms with Crippen LogP contribution in [0.2, 0.25) is 0 Å². The molecule has 37 heavy (non-hydrogen) atoms. The van der Waals surface area contributed by atoms with Crippen molar-refractivity contribution in [2.45, 2.75) is 38.6 Å². The van der Waals surface area contributed by atoms with Crippen LogP contribution in [0, 0.1) is 28.5 Å². The van der Waals surface area contributed by atoms with Crippen molar-refractivity contribution in [1.29, 1.82) is 5.41 Å². The number of carbonyl (C=O) groups is 1. The van der Waals surface area contributed by atoms with Crippen LogP contribution in [0.25, 0.3) is 0 Å². The number of carbonyl (C=O) groups excluding carboxylic acids is 1. The molecule has 0 bridgehead atoms. The number of allylic oxidation sites excluding steroid dienone is 2. The number of benzene rings is 1. The lowest BCUT2D eigenvalue weighted by atomic mass is 9.65. The molecule has 1 fully saturated rings. The molecule has 2 heterocycles. The van der Waals surface area contributed by atoms with Gasteiger partial charge in [0.15, 0.2) is 0 Å². The molecule has 2 aromatic heterocycles. The molecule has 7 heteroatoms. The third kappa shape index (κ3) is 5.26. The molecule has 2 aliphatic rings. The molecule has 188 valence electrons. The van der Waals surface area contributed by atoms with Crippen molar-refractivity contribution in [2.75, 3.05) is 0 Å². The summed E-state index contributed by atoms with van der Waals surface area (Å²) in [5.74, 6) is -0.261. The zero-order valence-electron chi connectivity index (χ0n) is 20.8. The average Bonchev–Trinajstić information content (AvgIpc) is 3.24. The minimum Gasteiger partial charge on any atom is -0.344 e. The fraction of sp³-hybridized carbons (Fsp3) is 0.300. The van der Waals surface area contributed by atoms with Gasteiger partial charge in [0.2, 0.25) is 0 Å². The number of rotatable bonds is 7. The molecule has 6 nitrogen and oxygen atoms in total. The molecule has 2 N–H and O–H groups in total. The molecule has 4 unspecified atom stereocenters. The van der Waals surface area contributed by atoms with Crippen molar-refractivity contribution in [3.63, 3.8) is 0 Å². The van der Waals surface area contributed by atoms with Gasteiger partial charge in [-0.05, 0) is 91.6 Å². The van der Waals surface area contributed by atoms with E-state index in [1.165, 1.54) is 23.9 Å². The van der Waals surface area contributed by atoms with Gasteiger partial charge < -0.3 is 10.7 Å². The molecule has 0 aliphatic heterocycles. The van der Waals surface area contributed by atoms with Gasteiger partial charge in [-0.15, -0.1) is 0 Å². The molecule has 1 aromatic carbocycles. The highest BCUT2D eigenvalue weighted by molar-refractivity contribution is 6.08. The molecule has 1 saturated carbocycles. The van der Waals surface area contributed by atoms with Gasteiger partial charge in [-0.2, -0.15) is 0 Å². The quantitative estimate of drug-likeness (QED) is 0.379. The Morgan fingerprint density at radius 1 is 1.19 bits per heavy atom. The normalized spacial score (nSPS) is 24.7. The number of hydrogen-bond donors (Lipinski definition) is 2. The van der Waals surface area contributed by atoms with Crippen LogP contribution in [0.5, 0.6) is 0 Å². The standard InChI is InChI=1S/C30H30FN5O/c1-30-18-21(19-32)27(35-25-9-7-24(31)8-10-25)16-22(30)5-6-23(30)17-28(26-4-2-3-13-34-26)36-29(37)20-11-14-33-15-12-20/h2-4,7-16,19,21,23,28,32H,5-6,17-18H2,1H3,(H,36,37). The number of fused-ring (bicyclic) bond motifs is 1. The first-order valence-electron chi connectivity index (χ1n) is 12.6. The smallest absolute Gasteiger partial charge is 0.251 e. The summed E-state index contributed by atoms with van der Waals surface area (Å²) in [7, 11) is 0. The summed E-state index contributed by atoms with van der Waals surface area (Å²) < 4.78 is 13.4. The Balaban J connectivity index is 1.41. The molecule has 2 aliphatic carbocycles. The first kappa shape index (κ1) is 24.7. The molecular weight excluding hydrogens is 465 g/mol. The topological polar surface area (TPSA) is 91.1 Å². The van der Waals surface area contributed by atoms with E-state index in [9.17, 15) is 9.18 Å². The zero-order chi connectivity index (χ0) is 25.8. The molecule has 0 saturated heterocycles. The van der Waals surface area contributed by atoms with E-state index in [4.69, 9.17) is 10.4 Å². The number of aliphatic imine (C=N–C) groups is 1. The van der Waals surface area contributed by atoms with Crippen LogP contribution in [0.1, 0.15) is 54.7 Å². The maximum atomic E-state index is 13.4. The Morgan fingerprint density at radius 3 is 2.68 bits per heavy atom. The van der Waals surface area contributed by atoms with E-state index in [1.807, 2.05) is 18.2 Å². The molecule has 0 radical (unpaired) electrons. The summed E-state index contributed by atoms with van der Waals surface area (Å²) in [6.45, 7) is 2.28. The van der Waals surface area contributed by atoms with Gasteiger partial charge in [0.05, 0.1) is 17.4 Å². The van der Waals surface area contributed by atoms with Crippen LogP contribution in [0.3, 0.4) is 0 Å². The summed E-state index contributed by atoms with van der Waals surface area (Å²) in [5, 5.41) is 11.3. The van der Waals surface area contributed by atoms with Crippen LogP contribution < -0.4 is 5.32 Å². The third-order valence-corrected chi connectivity index (χ3v) is 7.84. The maximum absolute atomic E-state index is 13.4. The molecular formula is C30H30FN5O. The minimum atomic E-state index is -0.292. The van der Waals surface area contributed by atoms with Crippen molar-refractivity contribution in [1.82, 2.24) is 15.3 Å². The van der Waals surface area contributed by atoms with Crippen molar-refractivity contribution in [3.05, 3.63) is 102 Å². The lowest BCUT2D eigenvalue weighted by Gasteiger charge is -2.40. The third-order valence-electron chi connectivity index (χ3n) is 7.84. The van der Waals surface area contributed by atoms with Gasteiger partial charge in [-0.3, -0.25) is 19.8 Å². The van der Waals surface area contributed by atoms with Crippen LogP contribution in [0.4, 0.5) is 10.1 Å². The van der Waals surface area contributed by atoms with Crippen molar-refractivity contribution in [2.24, 2.45) is 22.2 Å². The predicted octanol–water partition coefficient (Wildman–Crippen LogP) is 6.26. The van der Waals surface area contributed by atoms with Crippen LogP contribution >= 0.6 is 0 Å². The van der Waals surface area contributed by atoms with Crippen LogP contribution in [0.15, 0.2) is 89.8 Å². The number of pyridine rings is 2. The van der Waals surface area contributed by atoms with Gasteiger partial charge in [0.1, 0.15) is 5.82 Å². The predicted molar refractivity (Wildman–Crippen MR) is 143 cm³/mol. The van der Waals surface area contributed by atoms with Gasteiger partial charge in [-0.1, -0.05) is 18.6 Å². The SMILES string of the molecule is CC12CC(C=N)C(=Nc3ccc(F)cc3)C=C1CCC2CC(NC(=O)c1ccncc1)c1ccccn1. The van der Waals surface area contributed by atoms with E-state index in [-0.39, 0.29) is 29.1 Å². The second kappa shape index (κ2) is 10.5. The number of nitrogens with one attached hydrogen (secondary N) is 2. The van der Waals surface area contributed by atoms with Gasteiger partial charge in [0, 0.05) is 42.0 Å². The monoisotopic (exact) mass is 495 g/mol. The number of hydrogen-bond acceptors (Lipinski definition) is 5. The molecule has 0 spiro atoms. The second-order valence-corrected chi connectivity index (χ2v) is 10.1. The van der Waals surface area contributed by atoms with E-state index in [0.29, 0.717) is 17.2 Å². The maximum Gasteiger partial charge on any atom is 0.251 e. The molecule has 1 amide bonds. The number of amides is 1. The number of halogens is 1. The number of nitrogens with zero attached hydrogens (tertiary/aromatic N) is 3. The average molecular weight is 496 g/mol. The summed E-state index contributed by atoms with van der Waals surface area (Å²) in [6.07, 6.45) is 12.1. The highest BCUT2D eigenvalue weighted by Crippen LogP contribution is 2.56. The second-order valence-electron chi connectivity index (χ2n) is 10.1. The Labute approximate surface area is 216 Å². The van der Waals surface area contributed by atoms with Crippen molar-refractivity contribution < 1.29 is 9.18 Å². The zero-order valence-corrected chi connectivity index (χ0v) is 20.8. The Kier molecular flexibility index (Phi) is 7.04. The van der Waals surface area contributed by atoms with Gasteiger partial charge in [0.25, 0.3) is 5.91 Å². The van der Waals surface area contributed by atoms with E-state index >= 15 is 0 Å². The molecule has 5 rings (SSSR count). The highest BCUT2D eigenvalue weighted by Gasteiger charge is 2.47. The Bertz CT molecular complexity index is 1320. The summed E-state index contributed by atoms with van der Waals surface area (Å²) in [6, 6.07) is 15.1. The highest BCUT2D eigenvalue weighted by atomic mass is 19.1. The summed E-state index contributed by atoms with van der Waals surface area (Å²) >= 11 is 0. The minimum absolute atomic E-state index is 0.113. The van der Waals surface area contributed by atoms with E-state index < -0.39 is 0 Å². The van der Waals surface area contributed by atoms with E-state index in [1.54, 1.807) is 42.9 Å². The molecule has 3 aromatic rings. The van der Waals surface area contributed by atoms with Gasteiger partial charge >= 0.3 is 0 Å². The van der Waals surface area contributed by atoms with Crippen LogP contribution in [-0.4, -0.2) is 27.8 Å². The first-order valence-corrected chi connectivity index (χ1v) is 12.6. The van der Waals surface area contributed by atoms with E-state index in [0.717, 1.165) is 37.1 Å². The van der Waals surface area contributed by atoms with Gasteiger partial charge in [-0.25, -0.2) is 4.39 Å². The van der Waals surface area contributed by atoms with Crippen molar-refractivity contribution >= 4 is 23.5 Å². The van der Waals surface area contributed by atoms with Crippen LogP contribution in [-0.2, 0) is 0 Å². The van der Waals surface area contributed by atoms with Crippen molar-refractivity contribution in [3.8, 4) is 0 Å². The van der Waals surface area contributed by atoms with E-state index in [2.05, 4.69) is 28.3 Å². The Morgan fingerprint density at radius 2 is 1.97 bits per heavy atom. The lowest BCUT2D eigenvalue weighted by Crippen LogP contribution is -2.37. The fourth-order valence-corrected chi connectivity index (χ4v) is 5.75. The molecule has 4 atom stereocenters. The Hall–Kier alpha value is -4.00. The summed E-state index contributed by atoms with van der Waals surface area (Å²) in [4.78, 5) is 26.4. The largest absolute Gasteiger partial charge is 0.344 e. The number of aromatic nitrogens is 2. The fourth-order valence-electron chi connectivity index (χ4n) is 5.75. The lowest BCUT2D eigenvalue weighted by molar-refractivity contribution is 0.0920.